The quantitative estimate of drug-likeness (QED) is 0.794. The van der Waals surface area contributed by atoms with E-state index in [1.165, 1.54) is 0 Å². The predicted octanol–water partition coefficient (Wildman–Crippen LogP) is 1.70. The van der Waals surface area contributed by atoms with Gasteiger partial charge in [-0.15, -0.1) is 5.10 Å². The average Bonchev–Trinajstić information content (AvgIpc) is 2.19. The summed E-state index contributed by atoms with van der Waals surface area (Å²) >= 11 is 0. The van der Waals surface area contributed by atoms with Gasteiger partial charge in [0.05, 0.1) is 5.69 Å². The second-order valence-electron chi connectivity index (χ2n) is 4.22. The fourth-order valence-electron chi connectivity index (χ4n) is 1.35. The summed E-state index contributed by atoms with van der Waals surface area (Å²) in [4.78, 5) is 11.0. The highest BCUT2D eigenvalue weighted by molar-refractivity contribution is 5.76. The van der Waals surface area contributed by atoms with Crippen LogP contribution in [0.1, 0.15) is 26.0 Å². The highest BCUT2D eigenvalue weighted by Crippen LogP contribution is 2.10. The fourth-order valence-corrected chi connectivity index (χ4v) is 1.35. The first-order chi connectivity index (χ1) is 7.49. The van der Waals surface area contributed by atoms with Crippen molar-refractivity contribution in [1.82, 2.24) is 10.2 Å². The number of anilines is 1. The standard InChI is InChI=1S/C11H17N3O2/c1-7(2)6-9(11(15)16)12-10-5-4-8(3)13-14-10/h4-5,7,9H,6H2,1-3H3,(H,12,14)(H,15,16). The Hall–Kier alpha value is -1.65. The molecule has 5 nitrogen and oxygen atoms in total. The molecule has 0 amide bonds. The number of nitrogens with zero attached hydrogens (tertiary/aromatic N) is 2. The number of nitrogens with one attached hydrogen (secondary N) is 1. The molecule has 88 valence electrons. The van der Waals surface area contributed by atoms with Crippen molar-refractivity contribution in [2.45, 2.75) is 33.2 Å². The Morgan fingerprint density at radius 3 is 2.56 bits per heavy atom. The van der Waals surface area contributed by atoms with Crippen LogP contribution < -0.4 is 5.32 Å². The molecule has 0 radical (unpaired) electrons. The van der Waals surface area contributed by atoms with E-state index in [-0.39, 0.29) is 0 Å². The lowest BCUT2D eigenvalue weighted by molar-refractivity contribution is -0.138. The maximum absolute atomic E-state index is 11.0. The van der Waals surface area contributed by atoms with Crippen LogP contribution in [0.15, 0.2) is 12.1 Å². The number of hydrogen-bond acceptors (Lipinski definition) is 4. The summed E-state index contributed by atoms with van der Waals surface area (Å²) in [7, 11) is 0. The molecule has 1 aromatic rings. The SMILES string of the molecule is Cc1ccc(NC(CC(C)C)C(=O)O)nn1. The molecule has 0 saturated heterocycles. The van der Waals surface area contributed by atoms with Crippen molar-refractivity contribution in [2.24, 2.45) is 5.92 Å². The third-order valence-corrected chi connectivity index (χ3v) is 2.13. The summed E-state index contributed by atoms with van der Waals surface area (Å²) in [5, 5.41) is 19.6. The number of carboxylic acid groups (broad SMARTS) is 1. The number of carboxylic acids is 1. The normalized spacial score (nSPS) is 12.5. The molecule has 1 heterocycles. The topological polar surface area (TPSA) is 75.1 Å². The number of aliphatic carboxylic acids is 1. The van der Waals surface area contributed by atoms with Crippen LogP contribution in [-0.4, -0.2) is 27.3 Å². The zero-order valence-corrected chi connectivity index (χ0v) is 9.77. The molecule has 0 aliphatic heterocycles. The lowest BCUT2D eigenvalue weighted by atomic mass is 10.0. The van der Waals surface area contributed by atoms with Crippen LogP contribution in [0.5, 0.6) is 0 Å². The van der Waals surface area contributed by atoms with Crippen molar-refractivity contribution in [3.63, 3.8) is 0 Å². The summed E-state index contributed by atoms with van der Waals surface area (Å²) in [6.07, 6.45) is 0.560. The van der Waals surface area contributed by atoms with Crippen LogP contribution >= 0.6 is 0 Å². The van der Waals surface area contributed by atoms with E-state index < -0.39 is 12.0 Å². The van der Waals surface area contributed by atoms with Crippen molar-refractivity contribution in [1.29, 1.82) is 0 Å². The van der Waals surface area contributed by atoms with E-state index in [0.29, 0.717) is 18.2 Å². The number of rotatable bonds is 5. The van der Waals surface area contributed by atoms with E-state index >= 15 is 0 Å². The summed E-state index contributed by atoms with van der Waals surface area (Å²) < 4.78 is 0. The Morgan fingerprint density at radius 2 is 2.12 bits per heavy atom. The molecule has 0 aliphatic carbocycles. The maximum Gasteiger partial charge on any atom is 0.326 e. The highest BCUT2D eigenvalue weighted by atomic mass is 16.4. The Bertz CT molecular complexity index is 349. The third kappa shape index (κ3) is 3.84. The fraction of sp³-hybridized carbons (Fsp3) is 0.545. The summed E-state index contributed by atoms with van der Waals surface area (Å²) in [5.41, 5.74) is 0.807. The van der Waals surface area contributed by atoms with Gasteiger partial charge in [-0.2, -0.15) is 5.10 Å². The van der Waals surface area contributed by atoms with Gasteiger partial charge in [0.2, 0.25) is 0 Å². The molecule has 16 heavy (non-hydrogen) atoms. The van der Waals surface area contributed by atoms with Gasteiger partial charge >= 0.3 is 5.97 Å². The molecule has 1 aromatic heterocycles. The minimum Gasteiger partial charge on any atom is -0.480 e. The molecule has 0 spiro atoms. The van der Waals surface area contributed by atoms with Crippen molar-refractivity contribution in [3.05, 3.63) is 17.8 Å². The van der Waals surface area contributed by atoms with Crippen molar-refractivity contribution in [3.8, 4) is 0 Å². The number of hydrogen-bond donors (Lipinski definition) is 2. The molecule has 1 rings (SSSR count). The van der Waals surface area contributed by atoms with E-state index in [2.05, 4.69) is 15.5 Å². The summed E-state index contributed by atoms with van der Waals surface area (Å²) in [6.45, 7) is 5.80. The monoisotopic (exact) mass is 223 g/mol. The van der Waals surface area contributed by atoms with Crippen molar-refractivity contribution >= 4 is 11.8 Å². The molecule has 1 unspecified atom stereocenters. The predicted molar refractivity (Wildman–Crippen MR) is 61.3 cm³/mol. The van der Waals surface area contributed by atoms with Gasteiger partial charge in [-0.3, -0.25) is 0 Å². The summed E-state index contributed by atoms with van der Waals surface area (Å²) in [5.74, 6) is -0.0540. The number of aryl methyl sites for hydroxylation is 1. The van der Waals surface area contributed by atoms with Crippen LogP contribution in [0.2, 0.25) is 0 Å². The Kier molecular flexibility index (Phi) is 4.22. The molecule has 5 heteroatoms. The Labute approximate surface area is 94.9 Å². The third-order valence-electron chi connectivity index (χ3n) is 2.13. The lowest BCUT2D eigenvalue weighted by Gasteiger charge is -2.16. The van der Waals surface area contributed by atoms with Gasteiger partial charge < -0.3 is 10.4 Å². The average molecular weight is 223 g/mol. The van der Waals surface area contributed by atoms with Gasteiger partial charge in [-0.1, -0.05) is 13.8 Å². The molecule has 0 saturated carbocycles. The van der Waals surface area contributed by atoms with Gasteiger partial charge in [0.25, 0.3) is 0 Å². The maximum atomic E-state index is 11.0. The minimum atomic E-state index is -0.865. The zero-order valence-electron chi connectivity index (χ0n) is 9.77. The number of carbonyl (C=O) groups is 1. The second kappa shape index (κ2) is 5.44. The van der Waals surface area contributed by atoms with Gasteiger partial charge in [0.15, 0.2) is 0 Å². The lowest BCUT2D eigenvalue weighted by Crippen LogP contribution is -2.31. The summed E-state index contributed by atoms with van der Waals surface area (Å²) in [6, 6.07) is 2.92. The molecule has 0 fully saturated rings. The smallest absolute Gasteiger partial charge is 0.326 e. The Morgan fingerprint density at radius 1 is 1.44 bits per heavy atom. The van der Waals surface area contributed by atoms with Crippen LogP contribution in [0.4, 0.5) is 5.82 Å². The van der Waals surface area contributed by atoms with Gasteiger partial charge in [0, 0.05) is 0 Å². The Balaban J connectivity index is 2.68. The second-order valence-corrected chi connectivity index (χ2v) is 4.22. The van der Waals surface area contributed by atoms with E-state index in [0.717, 1.165) is 5.69 Å². The van der Waals surface area contributed by atoms with Crippen LogP contribution in [-0.2, 0) is 4.79 Å². The zero-order chi connectivity index (χ0) is 12.1. The molecule has 0 bridgehead atoms. The molecule has 2 N–H and O–H groups in total. The first-order valence-electron chi connectivity index (χ1n) is 5.28. The van der Waals surface area contributed by atoms with Gasteiger partial charge in [-0.25, -0.2) is 4.79 Å². The first kappa shape index (κ1) is 12.4. The first-order valence-corrected chi connectivity index (χ1v) is 5.28. The van der Waals surface area contributed by atoms with Gasteiger partial charge in [0.1, 0.15) is 11.9 Å². The van der Waals surface area contributed by atoms with Crippen LogP contribution in [0, 0.1) is 12.8 Å². The molecule has 0 aromatic carbocycles. The molecular weight excluding hydrogens is 206 g/mol. The highest BCUT2D eigenvalue weighted by Gasteiger charge is 2.18. The van der Waals surface area contributed by atoms with E-state index in [4.69, 9.17) is 5.11 Å². The molecular formula is C11H17N3O2. The van der Waals surface area contributed by atoms with E-state index in [1.807, 2.05) is 20.8 Å². The molecule has 1 atom stereocenters. The number of aromatic nitrogens is 2. The van der Waals surface area contributed by atoms with Crippen LogP contribution in [0.25, 0.3) is 0 Å². The minimum absolute atomic E-state index is 0.312. The van der Waals surface area contributed by atoms with E-state index in [9.17, 15) is 4.79 Å². The van der Waals surface area contributed by atoms with Crippen LogP contribution in [0.3, 0.4) is 0 Å². The molecule has 0 aliphatic rings. The van der Waals surface area contributed by atoms with Crippen molar-refractivity contribution < 1.29 is 9.90 Å². The largest absolute Gasteiger partial charge is 0.480 e. The van der Waals surface area contributed by atoms with Crippen molar-refractivity contribution in [2.75, 3.05) is 5.32 Å². The van der Waals surface area contributed by atoms with E-state index in [1.54, 1.807) is 12.1 Å². The van der Waals surface area contributed by atoms with Gasteiger partial charge in [-0.05, 0) is 31.4 Å².